The van der Waals surface area contributed by atoms with Crippen LogP contribution < -0.4 is 14.5 Å². The Labute approximate surface area is 279 Å². The van der Waals surface area contributed by atoms with Gasteiger partial charge in [-0.25, -0.2) is 0 Å². The molecule has 0 bridgehead atoms. The Bertz CT molecular complexity index is 1700. The minimum absolute atomic E-state index is 0.0139. The van der Waals surface area contributed by atoms with Gasteiger partial charge in [0.05, 0.1) is 30.8 Å². The van der Waals surface area contributed by atoms with Crippen molar-refractivity contribution >= 4 is 28.2 Å². The number of aromatic nitrogens is 2. The van der Waals surface area contributed by atoms with Crippen LogP contribution in [0.1, 0.15) is 49.4 Å². The molecule has 0 radical (unpaired) electrons. The lowest BCUT2D eigenvalue weighted by Gasteiger charge is -2.42. The molecular formula is C36H42F3N7O2. The van der Waals surface area contributed by atoms with Gasteiger partial charge in [0.15, 0.2) is 0 Å². The SMILES string of the molecule is C=CC(=O)N1CCN(c2nc(OCCN(C3CCC3)[C@@H](C)C(F)(F)F)nc3c2CCN(c2cccc4cccc(C)c24)C3)C[C@@H]1CC#N. The highest BCUT2D eigenvalue weighted by atomic mass is 19.4. The zero-order chi connectivity index (χ0) is 34.0. The Kier molecular flexibility index (Phi) is 9.78. The molecule has 1 amide bonds. The number of alkyl halides is 3. The quantitative estimate of drug-likeness (QED) is 0.252. The van der Waals surface area contributed by atoms with E-state index in [1.807, 2.05) is 0 Å². The van der Waals surface area contributed by atoms with Gasteiger partial charge in [-0.2, -0.15) is 28.4 Å². The number of amides is 1. The number of rotatable bonds is 10. The van der Waals surface area contributed by atoms with Crippen molar-refractivity contribution in [3.8, 4) is 12.1 Å². The third kappa shape index (κ3) is 6.79. The van der Waals surface area contributed by atoms with Gasteiger partial charge in [0.1, 0.15) is 18.5 Å². The minimum atomic E-state index is -4.33. The van der Waals surface area contributed by atoms with Crippen LogP contribution in [-0.2, 0) is 17.8 Å². The van der Waals surface area contributed by atoms with Crippen molar-refractivity contribution in [3.05, 3.63) is 65.9 Å². The summed E-state index contributed by atoms with van der Waals surface area (Å²) in [5.41, 5.74) is 4.08. The van der Waals surface area contributed by atoms with Crippen molar-refractivity contribution in [2.75, 3.05) is 49.1 Å². The second kappa shape index (κ2) is 14.0. The van der Waals surface area contributed by atoms with Gasteiger partial charge in [0, 0.05) is 55.4 Å². The van der Waals surface area contributed by atoms with E-state index < -0.39 is 12.2 Å². The smallest absolute Gasteiger partial charge is 0.403 e. The molecule has 2 atom stereocenters. The minimum Gasteiger partial charge on any atom is -0.462 e. The Morgan fingerprint density at radius 3 is 2.62 bits per heavy atom. The summed E-state index contributed by atoms with van der Waals surface area (Å²) in [5.74, 6) is 0.477. The number of hydrogen-bond acceptors (Lipinski definition) is 8. The molecule has 3 aromatic rings. The lowest BCUT2D eigenvalue weighted by Crippen LogP contribution is -2.55. The van der Waals surface area contributed by atoms with Gasteiger partial charge in [0.25, 0.3) is 0 Å². The lowest BCUT2D eigenvalue weighted by atomic mass is 9.90. The zero-order valence-corrected chi connectivity index (χ0v) is 27.5. The van der Waals surface area contributed by atoms with Gasteiger partial charge < -0.3 is 19.4 Å². The van der Waals surface area contributed by atoms with Crippen LogP contribution in [0.5, 0.6) is 6.01 Å². The van der Waals surface area contributed by atoms with Gasteiger partial charge in [0.2, 0.25) is 5.91 Å². The molecule has 48 heavy (non-hydrogen) atoms. The van der Waals surface area contributed by atoms with Crippen LogP contribution in [0, 0.1) is 18.3 Å². The number of fused-ring (bicyclic) bond motifs is 2. The molecule has 2 aromatic carbocycles. The van der Waals surface area contributed by atoms with Gasteiger partial charge in [-0.15, -0.1) is 0 Å². The molecule has 0 unspecified atom stereocenters. The number of ether oxygens (including phenoxy) is 1. The first-order valence-electron chi connectivity index (χ1n) is 16.7. The molecule has 1 aromatic heterocycles. The maximum absolute atomic E-state index is 13.7. The van der Waals surface area contributed by atoms with Gasteiger partial charge >= 0.3 is 12.2 Å². The van der Waals surface area contributed by atoms with Crippen LogP contribution >= 0.6 is 0 Å². The second-order valence-electron chi connectivity index (χ2n) is 13.0. The number of nitrogens with zero attached hydrogens (tertiary/aromatic N) is 7. The van der Waals surface area contributed by atoms with Crippen LogP contribution in [0.25, 0.3) is 10.8 Å². The highest BCUT2D eigenvalue weighted by Gasteiger charge is 2.43. The summed E-state index contributed by atoms with van der Waals surface area (Å²) in [6, 6.07) is 12.9. The number of halogens is 3. The van der Waals surface area contributed by atoms with E-state index in [4.69, 9.17) is 14.7 Å². The van der Waals surface area contributed by atoms with E-state index >= 15 is 0 Å². The van der Waals surface area contributed by atoms with Gasteiger partial charge in [-0.1, -0.05) is 43.3 Å². The van der Waals surface area contributed by atoms with Crippen LogP contribution in [0.3, 0.4) is 0 Å². The zero-order valence-electron chi connectivity index (χ0n) is 27.5. The first-order valence-corrected chi connectivity index (χ1v) is 16.7. The van der Waals surface area contributed by atoms with E-state index in [1.165, 1.54) is 28.8 Å². The van der Waals surface area contributed by atoms with Crippen molar-refractivity contribution in [1.82, 2.24) is 19.8 Å². The van der Waals surface area contributed by atoms with Crippen LogP contribution in [-0.4, -0.2) is 89.3 Å². The summed E-state index contributed by atoms with van der Waals surface area (Å²) in [7, 11) is 0. The van der Waals surface area contributed by atoms with Gasteiger partial charge in [-0.3, -0.25) is 9.69 Å². The molecule has 254 valence electrons. The van der Waals surface area contributed by atoms with Crippen molar-refractivity contribution in [2.45, 2.75) is 76.8 Å². The molecule has 9 nitrogen and oxygen atoms in total. The average molecular weight is 662 g/mol. The van der Waals surface area contributed by atoms with Crippen LogP contribution in [0.2, 0.25) is 0 Å². The molecule has 0 N–H and O–H groups in total. The second-order valence-corrected chi connectivity index (χ2v) is 13.0. The fraction of sp³-hybridized carbons (Fsp3) is 0.500. The lowest BCUT2D eigenvalue weighted by molar-refractivity contribution is -0.189. The van der Waals surface area contributed by atoms with Crippen LogP contribution in [0.15, 0.2) is 49.1 Å². The number of carbonyl (C=O) groups excluding carboxylic acids is 1. The number of anilines is 2. The summed E-state index contributed by atoms with van der Waals surface area (Å²) < 4.78 is 47.3. The standard InChI is InChI=1S/C36H42F3N7O2/c1-4-32(47)46-19-18-44(22-28(46)14-16-40)34-29-15-17-43(31-13-6-10-26-9-5-8-24(2)33(26)31)23-30(29)41-35(42-34)48-21-20-45(27-11-7-12-27)25(3)36(37,38)39/h4-6,8-10,13,25,27-28H,1,7,11-12,14-15,17-23H2,2-3H3/t25-,28-/m0/s1. The van der Waals surface area contributed by atoms with E-state index in [1.54, 1.807) is 4.90 Å². The van der Waals surface area contributed by atoms with Crippen molar-refractivity contribution < 1.29 is 22.7 Å². The van der Waals surface area contributed by atoms with E-state index in [-0.39, 0.29) is 43.6 Å². The van der Waals surface area contributed by atoms with E-state index in [0.717, 1.165) is 48.1 Å². The Balaban J connectivity index is 1.31. The summed E-state index contributed by atoms with van der Waals surface area (Å²) in [4.78, 5) is 29.9. The largest absolute Gasteiger partial charge is 0.462 e. The summed E-state index contributed by atoms with van der Waals surface area (Å²) in [6.45, 7) is 9.60. The fourth-order valence-corrected chi connectivity index (χ4v) is 7.27. The highest BCUT2D eigenvalue weighted by molar-refractivity contribution is 5.97. The number of aryl methyl sites for hydroxylation is 1. The summed E-state index contributed by atoms with van der Waals surface area (Å²) in [6.07, 6.45) is 0.185. The number of piperazine rings is 1. The third-order valence-corrected chi connectivity index (χ3v) is 10.1. The molecule has 2 aliphatic heterocycles. The third-order valence-electron chi connectivity index (χ3n) is 10.1. The topological polar surface area (TPSA) is 88.8 Å². The summed E-state index contributed by atoms with van der Waals surface area (Å²) >= 11 is 0. The molecule has 12 heteroatoms. The molecule has 1 aliphatic carbocycles. The molecule has 3 heterocycles. The first kappa shape index (κ1) is 33.5. The number of carbonyl (C=O) groups is 1. The van der Waals surface area contributed by atoms with Crippen molar-refractivity contribution in [1.29, 1.82) is 5.26 Å². The van der Waals surface area contributed by atoms with Gasteiger partial charge in [-0.05, 0) is 56.2 Å². The number of benzene rings is 2. The monoisotopic (exact) mass is 661 g/mol. The molecule has 2 fully saturated rings. The predicted molar refractivity (Wildman–Crippen MR) is 179 cm³/mol. The Morgan fingerprint density at radius 1 is 1.17 bits per heavy atom. The Hall–Kier alpha value is -4.37. The normalized spacial score (nSPS) is 19.1. The molecular weight excluding hydrogens is 619 g/mol. The number of hydrogen-bond donors (Lipinski definition) is 0. The maximum atomic E-state index is 13.7. The molecule has 3 aliphatic rings. The molecule has 1 saturated carbocycles. The van der Waals surface area contributed by atoms with Crippen molar-refractivity contribution in [2.24, 2.45) is 0 Å². The highest BCUT2D eigenvalue weighted by Crippen LogP contribution is 2.36. The maximum Gasteiger partial charge on any atom is 0.403 e. The van der Waals surface area contributed by atoms with E-state index in [2.05, 4.69) is 65.8 Å². The molecule has 1 saturated heterocycles. The fourth-order valence-electron chi connectivity index (χ4n) is 7.27. The molecule has 6 rings (SSSR count). The number of nitriles is 1. The van der Waals surface area contributed by atoms with Crippen molar-refractivity contribution in [3.63, 3.8) is 0 Å². The predicted octanol–water partition coefficient (Wildman–Crippen LogP) is 5.80. The summed E-state index contributed by atoms with van der Waals surface area (Å²) in [5, 5.41) is 11.9. The Morgan fingerprint density at radius 2 is 1.94 bits per heavy atom. The molecule has 0 spiro atoms. The first-order chi connectivity index (χ1) is 23.1. The van der Waals surface area contributed by atoms with E-state index in [0.29, 0.717) is 38.4 Å². The average Bonchev–Trinajstić information content (AvgIpc) is 3.05. The van der Waals surface area contributed by atoms with Crippen LogP contribution in [0.4, 0.5) is 24.7 Å². The van der Waals surface area contributed by atoms with E-state index in [9.17, 15) is 23.2 Å².